The predicted molar refractivity (Wildman–Crippen MR) is 61.7 cm³/mol. The third kappa shape index (κ3) is 2.67. The van der Waals surface area contributed by atoms with Crippen molar-refractivity contribution in [3.05, 3.63) is 24.0 Å². The van der Waals surface area contributed by atoms with Crippen molar-refractivity contribution in [1.82, 2.24) is 9.88 Å². The maximum absolute atomic E-state index is 12.2. The van der Waals surface area contributed by atoms with E-state index in [2.05, 4.69) is 4.98 Å². The number of amides is 1. The highest BCUT2D eigenvalue weighted by atomic mass is 16.4. The van der Waals surface area contributed by atoms with Crippen molar-refractivity contribution in [2.24, 2.45) is 0 Å². The monoisotopic (exact) mass is 236 g/mol. The van der Waals surface area contributed by atoms with E-state index in [-0.39, 0.29) is 18.4 Å². The van der Waals surface area contributed by atoms with Crippen LogP contribution in [0.5, 0.6) is 0 Å². The van der Waals surface area contributed by atoms with Gasteiger partial charge in [-0.15, -0.1) is 0 Å². The Morgan fingerprint density at radius 2 is 2.29 bits per heavy atom. The summed E-state index contributed by atoms with van der Waals surface area (Å²) in [7, 11) is 0. The van der Waals surface area contributed by atoms with E-state index in [1.807, 2.05) is 0 Å². The summed E-state index contributed by atoms with van der Waals surface area (Å²) in [6.07, 6.45) is 4.45. The number of likely N-dealkylation sites (tertiary alicyclic amines) is 1. The van der Waals surface area contributed by atoms with E-state index < -0.39 is 5.97 Å². The molecule has 5 nitrogen and oxygen atoms in total. The molecule has 0 radical (unpaired) electrons. The lowest BCUT2D eigenvalue weighted by molar-refractivity contribution is -0.138. The second-order valence-electron chi connectivity index (χ2n) is 4.33. The molecular weight excluding hydrogens is 220 g/mol. The number of H-pyrrole nitrogens is 1. The van der Waals surface area contributed by atoms with Gasteiger partial charge in [0, 0.05) is 18.8 Å². The molecule has 1 aromatic heterocycles. The summed E-state index contributed by atoms with van der Waals surface area (Å²) in [5.41, 5.74) is 0.530. The van der Waals surface area contributed by atoms with E-state index in [0.29, 0.717) is 12.2 Å². The van der Waals surface area contributed by atoms with Crippen molar-refractivity contribution >= 4 is 11.9 Å². The average Bonchev–Trinajstić information content (AvgIpc) is 2.81. The molecule has 1 aromatic rings. The van der Waals surface area contributed by atoms with Crippen LogP contribution in [0.25, 0.3) is 0 Å². The summed E-state index contributed by atoms with van der Waals surface area (Å²) >= 11 is 0. The minimum absolute atomic E-state index is 0.0342. The number of carboxylic acids is 1. The molecule has 5 heteroatoms. The van der Waals surface area contributed by atoms with Gasteiger partial charge in [0.05, 0.1) is 6.42 Å². The first-order valence-electron chi connectivity index (χ1n) is 5.84. The molecule has 92 valence electrons. The summed E-state index contributed by atoms with van der Waals surface area (Å²) in [4.78, 5) is 27.5. The van der Waals surface area contributed by atoms with Gasteiger partial charge >= 0.3 is 5.97 Å². The molecule has 1 aliphatic heterocycles. The van der Waals surface area contributed by atoms with Crippen molar-refractivity contribution in [2.45, 2.75) is 31.7 Å². The first-order valence-corrected chi connectivity index (χ1v) is 5.84. The Balaban J connectivity index is 2.10. The SMILES string of the molecule is O=C(O)CC1CCCCN1C(=O)c1ccc[nH]1. The molecule has 1 atom stereocenters. The number of nitrogens with zero attached hydrogens (tertiary/aromatic N) is 1. The zero-order valence-corrected chi connectivity index (χ0v) is 9.56. The molecule has 0 spiro atoms. The van der Waals surface area contributed by atoms with Gasteiger partial charge in [-0.05, 0) is 31.4 Å². The largest absolute Gasteiger partial charge is 0.481 e. The number of aromatic amines is 1. The Morgan fingerprint density at radius 1 is 1.47 bits per heavy atom. The zero-order chi connectivity index (χ0) is 12.3. The highest BCUT2D eigenvalue weighted by Crippen LogP contribution is 2.21. The molecule has 0 saturated carbocycles. The topological polar surface area (TPSA) is 73.4 Å². The Morgan fingerprint density at radius 3 is 2.94 bits per heavy atom. The fraction of sp³-hybridized carbons (Fsp3) is 0.500. The van der Waals surface area contributed by atoms with Crippen LogP contribution in [0.2, 0.25) is 0 Å². The first kappa shape index (κ1) is 11.7. The molecule has 0 aromatic carbocycles. The summed E-state index contributed by atoms with van der Waals surface area (Å²) in [5.74, 6) is -0.942. The highest BCUT2D eigenvalue weighted by Gasteiger charge is 2.29. The number of carbonyl (C=O) groups excluding carboxylic acids is 1. The third-order valence-electron chi connectivity index (χ3n) is 3.13. The van der Waals surface area contributed by atoms with E-state index in [0.717, 1.165) is 19.3 Å². The summed E-state index contributed by atoms with van der Waals surface area (Å²) in [5, 5.41) is 8.85. The summed E-state index contributed by atoms with van der Waals surface area (Å²) < 4.78 is 0. The number of piperidine rings is 1. The molecule has 0 bridgehead atoms. The van der Waals surface area contributed by atoms with E-state index in [1.165, 1.54) is 0 Å². The Labute approximate surface area is 99.4 Å². The van der Waals surface area contributed by atoms with Crippen LogP contribution in [0.3, 0.4) is 0 Å². The Hall–Kier alpha value is -1.78. The zero-order valence-electron chi connectivity index (χ0n) is 9.56. The number of carbonyl (C=O) groups is 2. The van der Waals surface area contributed by atoms with Crippen molar-refractivity contribution in [1.29, 1.82) is 0 Å². The van der Waals surface area contributed by atoms with Crippen molar-refractivity contribution in [3.63, 3.8) is 0 Å². The number of carboxylic acid groups (broad SMARTS) is 1. The maximum atomic E-state index is 12.2. The van der Waals surface area contributed by atoms with Gasteiger partial charge in [-0.25, -0.2) is 0 Å². The van der Waals surface area contributed by atoms with Gasteiger partial charge in [0.1, 0.15) is 5.69 Å². The fourth-order valence-electron chi connectivity index (χ4n) is 2.30. The van der Waals surface area contributed by atoms with Gasteiger partial charge in [0.2, 0.25) is 0 Å². The number of rotatable bonds is 3. The van der Waals surface area contributed by atoms with Crippen LogP contribution in [0.1, 0.15) is 36.2 Å². The molecule has 1 fully saturated rings. The minimum Gasteiger partial charge on any atom is -0.481 e. The molecule has 0 aliphatic carbocycles. The molecule has 1 saturated heterocycles. The fourth-order valence-corrected chi connectivity index (χ4v) is 2.30. The standard InChI is InChI=1S/C12H16N2O3/c15-11(16)8-9-4-1-2-7-14(9)12(17)10-5-3-6-13-10/h3,5-6,9,13H,1-2,4,7-8H2,(H,15,16). The molecule has 17 heavy (non-hydrogen) atoms. The van der Waals surface area contributed by atoms with Gasteiger partial charge < -0.3 is 15.0 Å². The number of hydrogen-bond donors (Lipinski definition) is 2. The van der Waals surface area contributed by atoms with Gasteiger partial charge in [-0.2, -0.15) is 0 Å². The van der Waals surface area contributed by atoms with Crippen molar-refractivity contribution in [2.75, 3.05) is 6.54 Å². The van der Waals surface area contributed by atoms with Crippen LogP contribution >= 0.6 is 0 Å². The molecule has 2 heterocycles. The Kier molecular flexibility index (Phi) is 3.46. The quantitative estimate of drug-likeness (QED) is 0.834. The van der Waals surface area contributed by atoms with Crippen LogP contribution in [-0.2, 0) is 4.79 Å². The van der Waals surface area contributed by atoms with Crippen LogP contribution in [-0.4, -0.2) is 39.5 Å². The normalized spacial score (nSPS) is 20.2. The highest BCUT2D eigenvalue weighted by molar-refractivity contribution is 5.93. The number of nitrogens with one attached hydrogen (secondary N) is 1. The van der Waals surface area contributed by atoms with Gasteiger partial charge in [-0.1, -0.05) is 0 Å². The van der Waals surface area contributed by atoms with Crippen LogP contribution < -0.4 is 0 Å². The number of aromatic nitrogens is 1. The van der Waals surface area contributed by atoms with Gasteiger partial charge in [0.15, 0.2) is 0 Å². The van der Waals surface area contributed by atoms with Crippen molar-refractivity contribution < 1.29 is 14.7 Å². The lowest BCUT2D eigenvalue weighted by Crippen LogP contribution is -2.44. The second kappa shape index (κ2) is 5.03. The van der Waals surface area contributed by atoms with Crippen molar-refractivity contribution in [3.8, 4) is 0 Å². The van der Waals surface area contributed by atoms with Crippen LogP contribution in [0.15, 0.2) is 18.3 Å². The summed E-state index contributed by atoms with van der Waals surface area (Å²) in [6, 6.07) is 3.31. The maximum Gasteiger partial charge on any atom is 0.305 e. The van der Waals surface area contributed by atoms with E-state index >= 15 is 0 Å². The lowest BCUT2D eigenvalue weighted by atomic mass is 9.99. The van der Waals surface area contributed by atoms with E-state index in [9.17, 15) is 9.59 Å². The van der Waals surface area contributed by atoms with Crippen LogP contribution in [0.4, 0.5) is 0 Å². The number of aliphatic carboxylic acids is 1. The number of hydrogen-bond acceptors (Lipinski definition) is 2. The second-order valence-corrected chi connectivity index (χ2v) is 4.33. The average molecular weight is 236 g/mol. The first-order chi connectivity index (χ1) is 8.18. The van der Waals surface area contributed by atoms with E-state index in [4.69, 9.17) is 5.11 Å². The molecule has 1 aliphatic rings. The van der Waals surface area contributed by atoms with E-state index in [1.54, 1.807) is 23.2 Å². The predicted octanol–water partition coefficient (Wildman–Crippen LogP) is 1.48. The molecule has 1 unspecified atom stereocenters. The minimum atomic E-state index is -0.846. The summed E-state index contributed by atoms with van der Waals surface area (Å²) in [6.45, 7) is 0.649. The molecule has 2 rings (SSSR count). The molecule has 1 amide bonds. The molecule has 2 N–H and O–H groups in total. The third-order valence-corrected chi connectivity index (χ3v) is 3.13. The Bertz CT molecular complexity index is 400. The van der Waals surface area contributed by atoms with Gasteiger partial charge in [-0.3, -0.25) is 9.59 Å². The molecular formula is C12H16N2O3. The smallest absolute Gasteiger partial charge is 0.305 e. The lowest BCUT2D eigenvalue weighted by Gasteiger charge is -2.34. The van der Waals surface area contributed by atoms with Gasteiger partial charge in [0.25, 0.3) is 5.91 Å². The van der Waals surface area contributed by atoms with Crippen LogP contribution in [0, 0.1) is 0 Å².